The maximum atomic E-state index is 13.9. The summed E-state index contributed by atoms with van der Waals surface area (Å²) in [5.41, 5.74) is 4.16. The van der Waals surface area contributed by atoms with Crippen LogP contribution >= 0.6 is 0 Å². The number of carbonyl (C=O) groups excluding carboxylic acids is 1. The summed E-state index contributed by atoms with van der Waals surface area (Å²) in [6.07, 6.45) is 3.33. The molecule has 1 aromatic heterocycles. The molecule has 0 atom stereocenters. The molecule has 6 nitrogen and oxygen atoms in total. The van der Waals surface area contributed by atoms with Crippen molar-refractivity contribution in [2.24, 2.45) is 0 Å². The predicted molar refractivity (Wildman–Crippen MR) is 152 cm³/mol. The molecule has 1 heterocycles. The van der Waals surface area contributed by atoms with Gasteiger partial charge in [0.05, 0.1) is 11.4 Å². The van der Waals surface area contributed by atoms with Crippen LogP contribution in [-0.4, -0.2) is 15.7 Å². The zero-order valence-corrected chi connectivity index (χ0v) is 21.5. The third-order valence-electron chi connectivity index (χ3n) is 6.20. The number of para-hydroxylation sites is 1. The highest BCUT2D eigenvalue weighted by molar-refractivity contribution is 6.02. The summed E-state index contributed by atoms with van der Waals surface area (Å²) in [4.78, 5) is 12.9. The Morgan fingerprint density at radius 3 is 2.30 bits per heavy atom. The molecule has 0 saturated carbocycles. The molecule has 0 aliphatic rings. The number of amides is 1. The zero-order valence-electron chi connectivity index (χ0n) is 21.5. The average Bonchev–Trinajstić information content (AvgIpc) is 3.43. The van der Waals surface area contributed by atoms with E-state index >= 15 is 0 Å². The van der Waals surface area contributed by atoms with Crippen molar-refractivity contribution in [1.29, 1.82) is 5.26 Å². The van der Waals surface area contributed by atoms with Crippen molar-refractivity contribution in [1.82, 2.24) is 15.1 Å². The van der Waals surface area contributed by atoms with Gasteiger partial charge in [0.1, 0.15) is 29.8 Å². The molecule has 5 rings (SSSR count). The molecular formula is C33H25FN4O2. The highest BCUT2D eigenvalue weighted by Crippen LogP contribution is 2.28. The smallest absolute Gasteiger partial charge is 0.262 e. The first-order valence-corrected chi connectivity index (χ1v) is 12.7. The lowest BCUT2D eigenvalue weighted by molar-refractivity contribution is -0.117. The number of nitrogens with one attached hydrogen (secondary N) is 1. The number of aromatic nitrogens is 2. The minimum Gasteiger partial charge on any atom is -0.489 e. The third kappa shape index (κ3) is 6.32. The van der Waals surface area contributed by atoms with E-state index in [2.05, 4.69) is 5.32 Å². The Morgan fingerprint density at radius 2 is 1.60 bits per heavy atom. The molecule has 7 heteroatoms. The molecule has 196 valence electrons. The van der Waals surface area contributed by atoms with E-state index in [-0.39, 0.29) is 18.0 Å². The van der Waals surface area contributed by atoms with Crippen LogP contribution in [0.25, 0.3) is 23.0 Å². The highest BCUT2D eigenvalue weighted by Gasteiger charge is 2.15. The van der Waals surface area contributed by atoms with Crippen molar-refractivity contribution in [2.75, 3.05) is 0 Å². The van der Waals surface area contributed by atoms with E-state index in [0.717, 1.165) is 16.8 Å². The quantitative estimate of drug-likeness (QED) is 0.175. The van der Waals surface area contributed by atoms with Crippen molar-refractivity contribution in [3.05, 3.63) is 143 Å². The number of benzene rings is 4. The van der Waals surface area contributed by atoms with Gasteiger partial charge in [0, 0.05) is 29.4 Å². The summed E-state index contributed by atoms with van der Waals surface area (Å²) >= 11 is 0. The van der Waals surface area contributed by atoms with Gasteiger partial charge in [-0.25, -0.2) is 9.07 Å². The minimum atomic E-state index is -0.471. The van der Waals surface area contributed by atoms with Crippen LogP contribution in [-0.2, 0) is 17.9 Å². The molecule has 4 aromatic carbocycles. The molecule has 0 radical (unpaired) electrons. The SMILES string of the molecule is N#CC(=Cc1cn(-c2ccccc2)nc1-c1ccc(OCc2ccccc2F)cc1)C(=O)NCc1ccccc1. The Morgan fingerprint density at radius 1 is 0.925 bits per heavy atom. The molecule has 0 unspecified atom stereocenters. The van der Waals surface area contributed by atoms with Gasteiger partial charge in [0.2, 0.25) is 0 Å². The summed E-state index contributed by atoms with van der Waals surface area (Å²) in [6, 6.07) is 34.8. The summed E-state index contributed by atoms with van der Waals surface area (Å²) in [5.74, 6) is -0.214. The minimum absolute atomic E-state index is 0.0327. The molecule has 0 fully saturated rings. The van der Waals surface area contributed by atoms with Crippen molar-refractivity contribution >= 4 is 12.0 Å². The monoisotopic (exact) mass is 528 g/mol. The third-order valence-corrected chi connectivity index (χ3v) is 6.20. The molecule has 5 aromatic rings. The molecule has 0 aliphatic heterocycles. The number of hydrogen-bond acceptors (Lipinski definition) is 4. The molecule has 40 heavy (non-hydrogen) atoms. The van der Waals surface area contributed by atoms with Crippen LogP contribution in [0.2, 0.25) is 0 Å². The molecule has 0 spiro atoms. The van der Waals surface area contributed by atoms with Gasteiger partial charge in [-0.15, -0.1) is 0 Å². The first-order chi connectivity index (χ1) is 19.6. The molecule has 0 aliphatic carbocycles. The second-order valence-electron chi connectivity index (χ2n) is 8.96. The van der Waals surface area contributed by atoms with Crippen LogP contribution in [0.15, 0.2) is 121 Å². The average molecular weight is 529 g/mol. The van der Waals surface area contributed by atoms with Gasteiger partial charge < -0.3 is 10.1 Å². The Balaban J connectivity index is 1.41. The van der Waals surface area contributed by atoms with Gasteiger partial charge in [0.15, 0.2) is 0 Å². The van der Waals surface area contributed by atoms with Crippen LogP contribution in [0.1, 0.15) is 16.7 Å². The summed E-state index contributed by atoms with van der Waals surface area (Å²) in [7, 11) is 0. The molecular weight excluding hydrogens is 503 g/mol. The Hall–Kier alpha value is -5.48. The fraction of sp³-hybridized carbons (Fsp3) is 0.0606. The largest absolute Gasteiger partial charge is 0.489 e. The van der Waals surface area contributed by atoms with E-state index in [1.165, 1.54) is 6.07 Å². The summed E-state index contributed by atoms with van der Waals surface area (Å²) in [5, 5.41) is 17.4. The van der Waals surface area contributed by atoms with Crippen LogP contribution in [0, 0.1) is 17.1 Å². The Kier molecular flexibility index (Phi) is 8.09. The van der Waals surface area contributed by atoms with Gasteiger partial charge in [-0.1, -0.05) is 66.7 Å². The Labute approximate surface area is 231 Å². The van der Waals surface area contributed by atoms with Gasteiger partial charge in [-0.05, 0) is 54.1 Å². The lowest BCUT2D eigenvalue weighted by atomic mass is 10.1. The fourth-order valence-corrected chi connectivity index (χ4v) is 4.09. The van der Waals surface area contributed by atoms with Crippen LogP contribution in [0.3, 0.4) is 0 Å². The number of rotatable bonds is 9. The van der Waals surface area contributed by atoms with Crippen LogP contribution in [0.4, 0.5) is 4.39 Å². The number of ether oxygens (including phenoxy) is 1. The van der Waals surface area contributed by atoms with Gasteiger partial charge >= 0.3 is 0 Å². The zero-order chi connectivity index (χ0) is 27.7. The summed E-state index contributed by atoms with van der Waals surface area (Å²) in [6.45, 7) is 0.412. The number of hydrogen-bond donors (Lipinski definition) is 1. The molecule has 1 amide bonds. The maximum absolute atomic E-state index is 13.9. The van der Waals surface area contributed by atoms with E-state index in [9.17, 15) is 14.4 Å². The number of nitriles is 1. The van der Waals surface area contributed by atoms with E-state index in [0.29, 0.717) is 29.1 Å². The molecule has 0 bridgehead atoms. The number of carbonyl (C=O) groups is 1. The van der Waals surface area contributed by atoms with Crippen LogP contribution in [0.5, 0.6) is 5.75 Å². The second-order valence-corrected chi connectivity index (χ2v) is 8.96. The van der Waals surface area contributed by atoms with Crippen LogP contribution < -0.4 is 10.1 Å². The van der Waals surface area contributed by atoms with Crippen molar-refractivity contribution < 1.29 is 13.9 Å². The topological polar surface area (TPSA) is 79.9 Å². The first kappa shape index (κ1) is 26.1. The maximum Gasteiger partial charge on any atom is 0.262 e. The van der Waals surface area contributed by atoms with E-state index in [1.807, 2.05) is 78.9 Å². The lowest BCUT2D eigenvalue weighted by Crippen LogP contribution is -2.23. The molecule has 0 saturated heterocycles. The van der Waals surface area contributed by atoms with Gasteiger partial charge in [0.25, 0.3) is 5.91 Å². The van der Waals surface area contributed by atoms with Crippen molar-refractivity contribution in [3.63, 3.8) is 0 Å². The summed E-state index contributed by atoms with van der Waals surface area (Å²) < 4.78 is 21.4. The molecule has 1 N–H and O–H groups in total. The number of halogens is 1. The highest BCUT2D eigenvalue weighted by atomic mass is 19.1. The Bertz CT molecular complexity index is 1670. The second kappa shape index (κ2) is 12.4. The van der Waals surface area contributed by atoms with Crippen molar-refractivity contribution in [3.8, 4) is 28.8 Å². The van der Waals surface area contributed by atoms with Gasteiger partial charge in [-0.3, -0.25) is 4.79 Å². The fourth-order valence-electron chi connectivity index (χ4n) is 4.09. The van der Waals surface area contributed by atoms with E-state index in [4.69, 9.17) is 9.84 Å². The lowest BCUT2D eigenvalue weighted by Gasteiger charge is -2.08. The van der Waals surface area contributed by atoms with E-state index in [1.54, 1.807) is 47.3 Å². The number of nitrogens with zero attached hydrogens (tertiary/aromatic N) is 3. The normalized spacial score (nSPS) is 11.1. The van der Waals surface area contributed by atoms with Gasteiger partial charge in [-0.2, -0.15) is 10.4 Å². The van der Waals surface area contributed by atoms with Crippen molar-refractivity contribution in [2.45, 2.75) is 13.2 Å². The predicted octanol–water partition coefficient (Wildman–Crippen LogP) is 6.48. The standard InChI is InChI=1S/C33H25FN4O2/c34-31-14-8-7-11-26(31)23-40-30-17-15-25(16-18-30)32-28(22-38(37-32)29-12-5-2-6-13-29)19-27(20-35)33(39)36-21-24-9-3-1-4-10-24/h1-19,22H,21,23H2,(H,36,39). The first-order valence-electron chi connectivity index (χ1n) is 12.7. The van der Waals surface area contributed by atoms with E-state index < -0.39 is 5.91 Å².